The molecule has 14 nitrogen and oxygen atoms in total. The minimum absolute atomic E-state index is 0.0203. The number of aliphatic hydroxyl groups is 1. The molecule has 6 fully saturated rings. The Morgan fingerprint density at radius 2 is 1.48 bits per heavy atom. The molecule has 2 N–H and O–H groups in total. The molecule has 0 unspecified atom stereocenters. The molecule has 3 saturated heterocycles. The molecule has 2 aromatic rings. The molecule has 3 aliphatic heterocycles. The fourth-order valence-electron chi connectivity index (χ4n) is 14.4. The van der Waals surface area contributed by atoms with Crippen molar-refractivity contribution in [1.82, 2.24) is 10.2 Å². The molecule has 2 aromatic carbocycles. The third-order valence-corrected chi connectivity index (χ3v) is 24.3. The van der Waals surface area contributed by atoms with Crippen LogP contribution in [-0.4, -0.2) is 129 Å². The summed E-state index contributed by atoms with van der Waals surface area (Å²) in [5, 5.41) is 17.6. The SMILES string of the molecule is CC(=O)O[C@@]12CO[C@@H]1CC[C@@]1(C)[C@@H]3O[C@H](CN4CCC4)O[C@@H]3C3=C(C)[C@@H](OC(=O)[C@H](O[Si](C(C)C)(C(C)C)C(C)C)[C@@H](NC(=O)c4ccccc4)C4CC4)C[C@@](O)([C@@H](OC(=O)c4ccccc4)[C@@H]12)C3(C)C. The van der Waals surface area contributed by atoms with Crippen LogP contribution in [0.1, 0.15) is 135 Å². The number of rotatable bonds is 16. The van der Waals surface area contributed by atoms with Crippen molar-refractivity contribution in [3.05, 3.63) is 82.9 Å². The molecule has 1 amide bonds. The second-order valence-electron chi connectivity index (χ2n) is 23.6. The van der Waals surface area contributed by atoms with Gasteiger partial charge in [-0.25, -0.2) is 9.59 Å². The van der Waals surface area contributed by atoms with Gasteiger partial charge in [-0.1, -0.05) is 98.7 Å². The summed E-state index contributed by atoms with van der Waals surface area (Å²) in [5.41, 5.74) is -2.98. The number of carbonyl (C=O) groups is 4. The number of fused-ring (bicyclic) bond motifs is 8. The molecule has 3 heterocycles. The van der Waals surface area contributed by atoms with Crippen LogP contribution in [0.4, 0.5) is 0 Å². The van der Waals surface area contributed by atoms with Gasteiger partial charge in [0.05, 0.1) is 30.2 Å². The number of esters is 3. The van der Waals surface area contributed by atoms with Gasteiger partial charge in [0.1, 0.15) is 30.0 Å². The smallest absolute Gasteiger partial charge is 0.338 e. The van der Waals surface area contributed by atoms with E-state index in [0.29, 0.717) is 36.1 Å². The van der Waals surface area contributed by atoms with Gasteiger partial charge in [0.25, 0.3) is 5.91 Å². The van der Waals surface area contributed by atoms with E-state index in [4.69, 9.17) is 32.8 Å². The molecule has 4 aliphatic carbocycles. The molecule has 71 heavy (non-hydrogen) atoms. The maximum absolute atomic E-state index is 15.8. The number of likely N-dealkylation sites (tertiary alicyclic amines) is 1. The Kier molecular flexibility index (Phi) is 14.2. The van der Waals surface area contributed by atoms with Gasteiger partial charge in [-0.3, -0.25) is 14.5 Å². The van der Waals surface area contributed by atoms with E-state index in [1.807, 2.05) is 45.0 Å². The van der Waals surface area contributed by atoms with E-state index in [1.54, 1.807) is 36.4 Å². The van der Waals surface area contributed by atoms with E-state index in [0.717, 1.165) is 32.4 Å². The highest BCUT2D eigenvalue weighted by molar-refractivity contribution is 6.77. The number of amides is 1. The molecule has 15 heteroatoms. The highest BCUT2D eigenvalue weighted by atomic mass is 28.4. The maximum atomic E-state index is 15.8. The van der Waals surface area contributed by atoms with E-state index in [1.165, 1.54) is 6.92 Å². The highest BCUT2D eigenvalue weighted by Gasteiger charge is 2.77. The summed E-state index contributed by atoms with van der Waals surface area (Å²) in [5.74, 6) is -3.04. The summed E-state index contributed by atoms with van der Waals surface area (Å²) in [7, 11) is -2.84. The molecule has 0 aromatic heterocycles. The van der Waals surface area contributed by atoms with Crippen LogP contribution in [0.15, 0.2) is 71.8 Å². The first kappa shape index (κ1) is 51.9. The van der Waals surface area contributed by atoms with Crippen molar-refractivity contribution < 1.29 is 57.1 Å². The van der Waals surface area contributed by atoms with E-state index >= 15 is 4.79 Å². The summed E-state index contributed by atoms with van der Waals surface area (Å²) < 4.78 is 48.4. The Balaban J connectivity index is 1.20. The molecule has 9 rings (SSSR count). The number of hydrogen-bond acceptors (Lipinski definition) is 13. The maximum Gasteiger partial charge on any atom is 0.338 e. The zero-order valence-electron chi connectivity index (χ0n) is 43.7. The Hall–Kier alpha value is -3.96. The number of benzene rings is 2. The summed E-state index contributed by atoms with van der Waals surface area (Å²) in [4.78, 5) is 60.3. The zero-order valence-corrected chi connectivity index (χ0v) is 44.7. The summed E-state index contributed by atoms with van der Waals surface area (Å²) in [6, 6.07) is 17.0. The molecule has 3 saturated carbocycles. The quantitative estimate of drug-likeness (QED) is 0.0714. The summed E-state index contributed by atoms with van der Waals surface area (Å²) >= 11 is 0. The summed E-state index contributed by atoms with van der Waals surface area (Å²) in [6.45, 7) is 24.7. The van der Waals surface area contributed by atoms with Crippen LogP contribution in [0.25, 0.3) is 0 Å². The van der Waals surface area contributed by atoms with Gasteiger partial charge < -0.3 is 43.3 Å². The molecule has 0 spiro atoms. The first-order chi connectivity index (χ1) is 33.6. The lowest BCUT2D eigenvalue weighted by Crippen LogP contribution is -2.79. The van der Waals surface area contributed by atoms with E-state index in [-0.39, 0.29) is 47.0 Å². The van der Waals surface area contributed by atoms with Gasteiger partial charge in [0.15, 0.2) is 18.0 Å². The van der Waals surface area contributed by atoms with Gasteiger partial charge in [-0.05, 0) is 110 Å². The van der Waals surface area contributed by atoms with Gasteiger partial charge >= 0.3 is 17.9 Å². The highest BCUT2D eigenvalue weighted by Crippen LogP contribution is 2.67. The predicted molar refractivity (Wildman–Crippen MR) is 268 cm³/mol. The van der Waals surface area contributed by atoms with Crippen molar-refractivity contribution in [3.63, 3.8) is 0 Å². The van der Waals surface area contributed by atoms with Crippen molar-refractivity contribution in [2.24, 2.45) is 22.7 Å². The molecular formula is C56H78N2O12Si. The van der Waals surface area contributed by atoms with Crippen molar-refractivity contribution in [2.75, 3.05) is 26.2 Å². The van der Waals surface area contributed by atoms with Crippen LogP contribution in [-0.2, 0) is 42.4 Å². The Morgan fingerprint density at radius 3 is 2.01 bits per heavy atom. The minimum Gasteiger partial charge on any atom is -0.456 e. The Bertz CT molecular complexity index is 2330. The second kappa shape index (κ2) is 19.4. The molecule has 0 radical (unpaired) electrons. The lowest BCUT2D eigenvalue weighted by molar-refractivity contribution is -0.345. The third-order valence-electron chi connectivity index (χ3n) is 18.2. The summed E-state index contributed by atoms with van der Waals surface area (Å²) in [6.07, 6.45) is -2.69. The molecule has 7 aliphatic rings. The fourth-order valence-corrected chi connectivity index (χ4v) is 19.9. The van der Waals surface area contributed by atoms with Crippen LogP contribution in [0.2, 0.25) is 16.6 Å². The number of nitrogens with one attached hydrogen (secondary N) is 1. The van der Waals surface area contributed by atoms with Crippen LogP contribution >= 0.6 is 0 Å². The topological polar surface area (TPSA) is 168 Å². The lowest BCUT2D eigenvalue weighted by atomic mass is 9.45. The lowest BCUT2D eigenvalue weighted by Gasteiger charge is -2.68. The number of carbonyl (C=O) groups excluding carboxylic acids is 4. The average molecular weight is 999 g/mol. The zero-order chi connectivity index (χ0) is 51.0. The van der Waals surface area contributed by atoms with Crippen LogP contribution in [0, 0.1) is 22.7 Å². The number of ether oxygens (including phenoxy) is 6. The second-order valence-corrected chi connectivity index (χ2v) is 29.0. The van der Waals surface area contributed by atoms with Gasteiger partial charge in [0.2, 0.25) is 8.32 Å². The molecule has 12 atom stereocenters. The largest absolute Gasteiger partial charge is 0.456 e. The van der Waals surface area contributed by atoms with Crippen LogP contribution in [0.5, 0.6) is 0 Å². The predicted octanol–water partition coefficient (Wildman–Crippen LogP) is 8.32. The van der Waals surface area contributed by atoms with Gasteiger partial charge in [-0.2, -0.15) is 0 Å². The van der Waals surface area contributed by atoms with Crippen LogP contribution in [0.3, 0.4) is 0 Å². The normalized spacial score (nSPS) is 34.1. The fraction of sp³-hybridized carbons (Fsp3) is 0.679. The number of nitrogens with zero attached hydrogens (tertiary/aromatic N) is 1. The molecule has 2 bridgehead atoms. The Morgan fingerprint density at radius 1 is 0.859 bits per heavy atom. The van der Waals surface area contributed by atoms with E-state index in [2.05, 4.69) is 58.7 Å². The third kappa shape index (κ3) is 8.84. The van der Waals surface area contributed by atoms with Gasteiger partial charge in [0, 0.05) is 36.3 Å². The van der Waals surface area contributed by atoms with Crippen molar-refractivity contribution >= 4 is 32.1 Å². The molecular weight excluding hydrogens is 921 g/mol. The Labute approximate surface area is 421 Å². The van der Waals surface area contributed by atoms with Crippen molar-refractivity contribution in [3.8, 4) is 0 Å². The van der Waals surface area contributed by atoms with Crippen LogP contribution < -0.4 is 5.32 Å². The first-order valence-electron chi connectivity index (χ1n) is 26.4. The minimum atomic E-state index is -2.84. The van der Waals surface area contributed by atoms with Crippen molar-refractivity contribution in [2.45, 2.75) is 191 Å². The van der Waals surface area contributed by atoms with E-state index < -0.39 is 103 Å². The van der Waals surface area contributed by atoms with E-state index in [9.17, 15) is 19.5 Å². The first-order valence-corrected chi connectivity index (χ1v) is 28.5. The number of hydrogen-bond donors (Lipinski definition) is 2. The average Bonchev–Trinajstić information content (AvgIpc) is 4.06. The standard InChI is InChI=1S/C56H78N2O12Si/c1-32(2)71(33(3)4,34(5)6)70-46(44(37-23-24-37)57-50(60)38-19-14-12-15-20-38)52(62)65-40-29-56(63)49(68-51(61)39-21-16-13-17-22-39)47-54(11,26-25-41-55(47,31-64-41)69-36(8)59)48-45(43(35(40)7)53(56,9)10)66-42(67-48)30-58-27-18-28-58/h12-17,19-22,32-34,37,40-42,44-49,63H,18,23-31H2,1-11H3,(H,57,60)/t40-,41+,42+,44-,45+,46+,47-,48+,49-,54+,55-,56+/m0/s1. The van der Waals surface area contributed by atoms with Gasteiger partial charge in [-0.15, -0.1) is 0 Å². The monoisotopic (exact) mass is 999 g/mol. The van der Waals surface area contributed by atoms with Crippen molar-refractivity contribution in [1.29, 1.82) is 0 Å². The molecule has 388 valence electrons.